The van der Waals surface area contributed by atoms with Crippen LogP contribution in [0.5, 0.6) is 0 Å². The van der Waals surface area contributed by atoms with Crippen LogP contribution in [0, 0.1) is 5.92 Å². The Morgan fingerprint density at radius 2 is 1.92 bits per heavy atom. The molecule has 3 heterocycles. The van der Waals surface area contributed by atoms with Crippen molar-refractivity contribution in [1.82, 2.24) is 9.88 Å². The van der Waals surface area contributed by atoms with Crippen LogP contribution in [0.2, 0.25) is 0 Å². The number of hydrogen-bond acceptors (Lipinski definition) is 4. The zero-order chi connectivity index (χ0) is 17.9. The van der Waals surface area contributed by atoms with Crippen LogP contribution in [-0.4, -0.2) is 46.6 Å². The molecule has 2 unspecified atom stereocenters. The number of nitrogens with zero attached hydrogens (tertiary/aromatic N) is 3. The van der Waals surface area contributed by atoms with E-state index in [9.17, 15) is 9.90 Å². The Hall–Kier alpha value is -2.40. The Bertz CT molecular complexity index is 765. The summed E-state index contributed by atoms with van der Waals surface area (Å²) in [5.74, 6) is 0.452. The summed E-state index contributed by atoms with van der Waals surface area (Å²) >= 11 is 0. The van der Waals surface area contributed by atoms with Gasteiger partial charge >= 0.3 is 5.97 Å². The van der Waals surface area contributed by atoms with Crippen molar-refractivity contribution in [1.29, 1.82) is 0 Å². The maximum atomic E-state index is 11.2. The molecule has 1 aromatic heterocycles. The fraction of sp³-hybridized carbons (Fsp3) is 0.429. The number of aromatic nitrogens is 1. The lowest BCUT2D eigenvalue weighted by atomic mass is 9.83. The number of benzene rings is 1. The van der Waals surface area contributed by atoms with E-state index in [1.54, 1.807) is 12.1 Å². The molecule has 4 rings (SSSR count). The second-order valence-electron chi connectivity index (χ2n) is 7.35. The predicted molar refractivity (Wildman–Crippen MR) is 101 cm³/mol. The van der Waals surface area contributed by atoms with Crippen LogP contribution in [0.15, 0.2) is 48.5 Å². The largest absolute Gasteiger partial charge is 0.477 e. The van der Waals surface area contributed by atoms with Crippen LogP contribution in [0.1, 0.15) is 35.3 Å². The van der Waals surface area contributed by atoms with Gasteiger partial charge in [-0.3, -0.25) is 4.90 Å². The van der Waals surface area contributed by atoms with Crippen molar-refractivity contribution in [3.05, 3.63) is 59.8 Å². The van der Waals surface area contributed by atoms with Gasteiger partial charge < -0.3 is 10.0 Å². The molecule has 0 radical (unpaired) electrons. The van der Waals surface area contributed by atoms with E-state index in [1.807, 2.05) is 6.07 Å². The zero-order valence-corrected chi connectivity index (χ0v) is 14.9. The second kappa shape index (κ2) is 7.46. The van der Waals surface area contributed by atoms with E-state index in [2.05, 4.69) is 45.1 Å². The smallest absolute Gasteiger partial charge is 0.354 e. The number of aromatic carboxylic acids is 1. The molecule has 2 aliphatic heterocycles. The van der Waals surface area contributed by atoms with Gasteiger partial charge in [0, 0.05) is 25.7 Å². The summed E-state index contributed by atoms with van der Waals surface area (Å²) in [5.41, 5.74) is 1.50. The molecule has 1 aromatic carbocycles. The molecular weight excluding hydrogens is 326 g/mol. The Kier molecular flexibility index (Phi) is 4.89. The summed E-state index contributed by atoms with van der Waals surface area (Å²) < 4.78 is 0. The summed E-state index contributed by atoms with van der Waals surface area (Å²) in [5, 5.41) is 9.18. The zero-order valence-electron chi connectivity index (χ0n) is 14.9. The van der Waals surface area contributed by atoms with Gasteiger partial charge in [-0.25, -0.2) is 9.78 Å². The highest BCUT2D eigenvalue weighted by atomic mass is 16.4. The highest BCUT2D eigenvalue weighted by Gasteiger charge is 2.36. The molecule has 2 saturated heterocycles. The van der Waals surface area contributed by atoms with Crippen molar-refractivity contribution in [2.45, 2.75) is 31.8 Å². The average molecular weight is 351 g/mol. The molecule has 0 amide bonds. The van der Waals surface area contributed by atoms with Crippen molar-refractivity contribution in [3.63, 3.8) is 0 Å². The fourth-order valence-corrected chi connectivity index (χ4v) is 4.45. The number of carbonyl (C=O) groups is 1. The molecule has 0 aliphatic carbocycles. The van der Waals surface area contributed by atoms with E-state index in [-0.39, 0.29) is 5.69 Å². The number of piperidine rings is 2. The summed E-state index contributed by atoms with van der Waals surface area (Å²) in [6.07, 6.45) is 3.58. The first-order valence-electron chi connectivity index (χ1n) is 9.44. The van der Waals surface area contributed by atoms with Gasteiger partial charge in [0.05, 0.1) is 0 Å². The number of pyridine rings is 1. The van der Waals surface area contributed by atoms with Gasteiger partial charge in [-0.15, -0.1) is 0 Å². The van der Waals surface area contributed by atoms with Gasteiger partial charge in [0.15, 0.2) is 5.69 Å². The van der Waals surface area contributed by atoms with Crippen LogP contribution >= 0.6 is 0 Å². The highest BCUT2D eigenvalue weighted by molar-refractivity contribution is 5.85. The van der Waals surface area contributed by atoms with Gasteiger partial charge in [0.25, 0.3) is 0 Å². The Labute approximate surface area is 154 Å². The monoisotopic (exact) mass is 351 g/mol. The molecule has 26 heavy (non-hydrogen) atoms. The predicted octanol–water partition coefficient (Wildman–Crippen LogP) is 3.27. The van der Waals surface area contributed by atoms with Gasteiger partial charge in [-0.05, 0) is 49.4 Å². The maximum absolute atomic E-state index is 11.2. The summed E-state index contributed by atoms with van der Waals surface area (Å²) in [4.78, 5) is 20.4. The summed E-state index contributed by atoms with van der Waals surface area (Å²) in [6.45, 7) is 4.09. The molecule has 2 fully saturated rings. The van der Waals surface area contributed by atoms with Crippen molar-refractivity contribution in [2.24, 2.45) is 5.92 Å². The number of hydrogen-bond donors (Lipinski definition) is 1. The summed E-state index contributed by atoms with van der Waals surface area (Å²) in [7, 11) is 0. The molecule has 0 spiro atoms. The van der Waals surface area contributed by atoms with Crippen LogP contribution in [-0.2, 0) is 6.54 Å². The van der Waals surface area contributed by atoms with Gasteiger partial charge in [-0.1, -0.05) is 36.4 Å². The number of likely N-dealkylation sites (tertiary alicyclic amines) is 1. The van der Waals surface area contributed by atoms with Crippen molar-refractivity contribution >= 4 is 11.8 Å². The Morgan fingerprint density at radius 1 is 1.08 bits per heavy atom. The lowest BCUT2D eigenvalue weighted by Crippen LogP contribution is -2.53. The number of fused-ring (bicyclic) bond motifs is 1. The third-order valence-electron chi connectivity index (χ3n) is 5.69. The Balaban J connectivity index is 1.46. The first-order valence-corrected chi connectivity index (χ1v) is 9.44. The van der Waals surface area contributed by atoms with Crippen LogP contribution in [0.4, 0.5) is 5.82 Å². The first-order chi connectivity index (χ1) is 12.7. The molecule has 1 N–H and O–H groups in total. The molecular formula is C21H25N3O2. The standard InChI is InChI=1S/C21H25N3O2/c25-21(26)18-9-4-10-20(22-18)24-13-11-19-17(15-24)8-5-12-23(19)14-16-6-2-1-3-7-16/h1-4,6-7,9-10,17,19H,5,8,11-15H2,(H,25,26). The van der Waals surface area contributed by atoms with E-state index < -0.39 is 5.97 Å². The topological polar surface area (TPSA) is 56.7 Å². The molecule has 5 nitrogen and oxygen atoms in total. The molecule has 0 saturated carbocycles. The minimum Gasteiger partial charge on any atom is -0.477 e. The van der Waals surface area contributed by atoms with E-state index in [4.69, 9.17) is 0 Å². The lowest BCUT2D eigenvalue weighted by Gasteiger charge is -2.47. The lowest BCUT2D eigenvalue weighted by molar-refractivity contribution is 0.0686. The average Bonchev–Trinajstić information content (AvgIpc) is 2.69. The van der Waals surface area contributed by atoms with Crippen molar-refractivity contribution < 1.29 is 9.90 Å². The normalized spacial score (nSPS) is 23.5. The van der Waals surface area contributed by atoms with E-state index in [1.165, 1.54) is 24.9 Å². The van der Waals surface area contributed by atoms with Gasteiger partial charge in [0.1, 0.15) is 5.82 Å². The molecule has 136 valence electrons. The molecule has 2 aliphatic rings. The third-order valence-corrected chi connectivity index (χ3v) is 5.69. The third kappa shape index (κ3) is 3.58. The van der Waals surface area contributed by atoms with E-state index >= 15 is 0 Å². The first kappa shape index (κ1) is 17.0. The van der Waals surface area contributed by atoms with Crippen molar-refractivity contribution in [2.75, 3.05) is 24.5 Å². The van der Waals surface area contributed by atoms with E-state index in [0.717, 1.165) is 31.9 Å². The SMILES string of the molecule is O=C(O)c1cccc(N2CCC3C(CCCN3Cc3ccccc3)C2)n1. The minimum absolute atomic E-state index is 0.124. The quantitative estimate of drug-likeness (QED) is 0.916. The molecule has 2 atom stereocenters. The summed E-state index contributed by atoms with van der Waals surface area (Å²) in [6, 6.07) is 16.6. The number of rotatable bonds is 4. The van der Waals surface area contributed by atoms with Crippen LogP contribution in [0.3, 0.4) is 0 Å². The molecule has 0 bridgehead atoms. The van der Waals surface area contributed by atoms with Crippen LogP contribution in [0.25, 0.3) is 0 Å². The van der Waals surface area contributed by atoms with Gasteiger partial charge in [0.2, 0.25) is 0 Å². The second-order valence-corrected chi connectivity index (χ2v) is 7.35. The molecule has 5 heteroatoms. The number of anilines is 1. The van der Waals surface area contributed by atoms with Gasteiger partial charge in [-0.2, -0.15) is 0 Å². The van der Waals surface area contributed by atoms with Crippen LogP contribution < -0.4 is 4.90 Å². The van der Waals surface area contributed by atoms with Crippen molar-refractivity contribution in [3.8, 4) is 0 Å². The minimum atomic E-state index is -0.964. The Morgan fingerprint density at radius 3 is 2.73 bits per heavy atom. The number of carboxylic acids is 1. The highest BCUT2D eigenvalue weighted by Crippen LogP contribution is 2.33. The fourth-order valence-electron chi connectivity index (χ4n) is 4.45. The molecule has 2 aromatic rings. The number of carboxylic acid groups (broad SMARTS) is 1. The van der Waals surface area contributed by atoms with E-state index in [0.29, 0.717) is 12.0 Å². The maximum Gasteiger partial charge on any atom is 0.354 e.